The molecule has 0 atom stereocenters. The molecule has 0 aliphatic rings. The van der Waals surface area contributed by atoms with Crippen molar-refractivity contribution in [3.05, 3.63) is 23.5 Å². The zero-order valence-corrected chi connectivity index (χ0v) is 4.58. The van der Waals surface area contributed by atoms with Gasteiger partial charge in [0, 0.05) is 17.5 Å². The van der Waals surface area contributed by atoms with Crippen molar-refractivity contribution in [1.29, 1.82) is 0 Å². The second kappa shape index (κ2) is 1.41. The number of aromatic amines is 1. The molecule has 0 spiro atoms. The highest BCUT2D eigenvalue weighted by Gasteiger charge is 1.83. The number of aromatic nitrogens is 1. The van der Waals surface area contributed by atoms with Crippen LogP contribution in [0, 0.1) is 19.9 Å². The maximum Gasteiger partial charge on any atom is 0.0197 e. The monoisotopic (exact) mass is 94.1 g/mol. The van der Waals surface area contributed by atoms with Crippen molar-refractivity contribution in [1.82, 2.24) is 4.98 Å². The third-order valence-corrected chi connectivity index (χ3v) is 0.890. The summed E-state index contributed by atoms with van der Waals surface area (Å²) in [5, 5.41) is 0. The van der Waals surface area contributed by atoms with E-state index in [1.165, 1.54) is 5.69 Å². The fourth-order valence-corrected chi connectivity index (χ4v) is 0.584. The molecule has 1 rings (SSSR count). The lowest BCUT2D eigenvalue weighted by Crippen LogP contribution is -1.67. The van der Waals surface area contributed by atoms with Gasteiger partial charge in [0.25, 0.3) is 0 Å². The van der Waals surface area contributed by atoms with Gasteiger partial charge in [0.1, 0.15) is 0 Å². The van der Waals surface area contributed by atoms with E-state index < -0.39 is 0 Å². The summed E-state index contributed by atoms with van der Waals surface area (Å²) >= 11 is 0. The highest BCUT2D eigenvalue weighted by atomic mass is 14.7. The molecule has 0 bridgehead atoms. The summed E-state index contributed by atoms with van der Waals surface area (Å²) < 4.78 is 0. The highest BCUT2D eigenvalue weighted by molar-refractivity contribution is 5.07. The van der Waals surface area contributed by atoms with Gasteiger partial charge >= 0.3 is 0 Å². The van der Waals surface area contributed by atoms with Crippen LogP contribution in [0.5, 0.6) is 0 Å². The summed E-state index contributed by atoms with van der Waals surface area (Å²) in [5.41, 5.74) is 2.29. The molecule has 1 N–H and O–H groups in total. The fourth-order valence-electron chi connectivity index (χ4n) is 0.584. The van der Waals surface area contributed by atoms with Crippen molar-refractivity contribution >= 4 is 0 Å². The largest absolute Gasteiger partial charge is 0.362 e. The van der Waals surface area contributed by atoms with E-state index in [1.807, 2.05) is 19.9 Å². The minimum Gasteiger partial charge on any atom is -0.362 e. The van der Waals surface area contributed by atoms with Gasteiger partial charge in [-0.15, -0.1) is 0 Å². The van der Waals surface area contributed by atoms with Gasteiger partial charge in [-0.1, -0.05) is 0 Å². The third-order valence-electron chi connectivity index (χ3n) is 0.890. The van der Waals surface area contributed by atoms with Crippen LogP contribution in [0.25, 0.3) is 0 Å². The Balaban J connectivity index is 3.04. The minimum atomic E-state index is 1.11. The predicted octanol–water partition coefficient (Wildman–Crippen LogP) is 1.43. The SMILES string of the molecule is Cc1[c]cc(C)[nH]1. The van der Waals surface area contributed by atoms with Gasteiger partial charge in [-0.25, -0.2) is 0 Å². The van der Waals surface area contributed by atoms with Crippen LogP contribution < -0.4 is 0 Å². The van der Waals surface area contributed by atoms with E-state index in [9.17, 15) is 0 Å². The molecule has 1 aromatic heterocycles. The Labute approximate surface area is 43.4 Å². The van der Waals surface area contributed by atoms with E-state index >= 15 is 0 Å². The average molecular weight is 94.1 g/mol. The van der Waals surface area contributed by atoms with Crippen LogP contribution in [-0.4, -0.2) is 4.98 Å². The molecule has 0 aliphatic heterocycles. The summed E-state index contributed by atoms with van der Waals surface area (Å²) in [7, 11) is 0. The molecule has 0 amide bonds. The van der Waals surface area contributed by atoms with Gasteiger partial charge in [-0.05, 0) is 19.9 Å². The van der Waals surface area contributed by atoms with Crippen LogP contribution in [0.3, 0.4) is 0 Å². The molecule has 0 aromatic carbocycles. The number of hydrogen-bond donors (Lipinski definition) is 1. The summed E-state index contributed by atoms with van der Waals surface area (Å²) in [6.45, 7) is 4.01. The van der Waals surface area contributed by atoms with Gasteiger partial charge in [-0.3, -0.25) is 0 Å². The van der Waals surface area contributed by atoms with E-state index in [-0.39, 0.29) is 0 Å². The number of hydrogen-bond acceptors (Lipinski definition) is 0. The first-order valence-electron chi connectivity index (χ1n) is 2.33. The van der Waals surface area contributed by atoms with E-state index in [4.69, 9.17) is 0 Å². The molecule has 0 saturated heterocycles. The summed E-state index contributed by atoms with van der Waals surface area (Å²) in [4.78, 5) is 3.08. The quantitative estimate of drug-likeness (QED) is 0.500. The normalized spacial score (nSPS) is 9.43. The Morgan fingerprint density at radius 2 is 2.29 bits per heavy atom. The van der Waals surface area contributed by atoms with E-state index in [0.717, 1.165) is 5.69 Å². The molecule has 0 saturated carbocycles. The zero-order chi connectivity index (χ0) is 5.28. The maximum atomic E-state index is 3.08. The van der Waals surface area contributed by atoms with Crippen LogP contribution in [0.15, 0.2) is 6.07 Å². The number of aryl methyl sites for hydroxylation is 2. The smallest absolute Gasteiger partial charge is 0.0197 e. The van der Waals surface area contributed by atoms with Gasteiger partial charge in [-0.2, -0.15) is 0 Å². The topological polar surface area (TPSA) is 15.8 Å². The van der Waals surface area contributed by atoms with E-state index in [2.05, 4.69) is 11.1 Å². The van der Waals surface area contributed by atoms with E-state index in [1.54, 1.807) is 0 Å². The Morgan fingerprint density at radius 3 is 2.43 bits per heavy atom. The molecule has 1 radical (unpaired) electrons. The molecule has 1 heteroatoms. The van der Waals surface area contributed by atoms with Crippen LogP contribution in [-0.2, 0) is 0 Å². The van der Waals surface area contributed by atoms with Gasteiger partial charge in [0.15, 0.2) is 0 Å². The lowest BCUT2D eigenvalue weighted by molar-refractivity contribution is 1.19. The molecule has 0 unspecified atom stereocenters. The van der Waals surface area contributed by atoms with Crippen molar-refractivity contribution in [2.24, 2.45) is 0 Å². The molecule has 37 valence electrons. The van der Waals surface area contributed by atoms with Crippen molar-refractivity contribution in [3.8, 4) is 0 Å². The number of nitrogens with one attached hydrogen (secondary N) is 1. The molecule has 1 heterocycles. The fraction of sp³-hybridized carbons (Fsp3) is 0.333. The summed E-state index contributed by atoms with van der Waals surface area (Å²) in [6, 6.07) is 4.95. The maximum absolute atomic E-state index is 3.08. The Hall–Kier alpha value is -0.720. The van der Waals surface area contributed by atoms with Crippen LogP contribution >= 0.6 is 0 Å². The summed E-state index contributed by atoms with van der Waals surface area (Å²) in [6.07, 6.45) is 0. The molecular weight excluding hydrogens is 86.1 g/mol. The molecule has 1 aromatic rings. The molecular formula is C6H8N. The Morgan fingerprint density at radius 1 is 1.57 bits per heavy atom. The van der Waals surface area contributed by atoms with Gasteiger partial charge in [0.2, 0.25) is 0 Å². The van der Waals surface area contributed by atoms with Crippen LogP contribution in [0.1, 0.15) is 11.4 Å². The van der Waals surface area contributed by atoms with Gasteiger partial charge in [0.05, 0.1) is 0 Å². The molecule has 0 fully saturated rings. The second-order valence-corrected chi connectivity index (χ2v) is 1.72. The first kappa shape index (κ1) is 4.44. The lowest BCUT2D eigenvalue weighted by atomic mass is 10.5. The van der Waals surface area contributed by atoms with Crippen molar-refractivity contribution < 1.29 is 0 Å². The second-order valence-electron chi connectivity index (χ2n) is 1.72. The highest BCUT2D eigenvalue weighted by Crippen LogP contribution is 1.94. The molecule has 1 nitrogen and oxygen atoms in total. The van der Waals surface area contributed by atoms with Crippen molar-refractivity contribution in [3.63, 3.8) is 0 Å². The van der Waals surface area contributed by atoms with Gasteiger partial charge < -0.3 is 4.98 Å². The zero-order valence-electron chi connectivity index (χ0n) is 4.58. The van der Waals surface area contributed by atoms with Crippen molar-refractivity contribution in [2.45, 2.75) is 13.8 Å². The molecule has 7 heavy (non-hydrogen) atoms. The average Bonchev–Trinajstić information content (AvgIpc) is 1.87. The predicted molar refractivity (Wildman–Crippen MR) is 29.1 cm³/mol. The third kappa shape index (κ3) is 0.829. The first-order chi connectivity index (χ1) is 3.29. The Bertz CT molecular complexity index is 136. The standard InChI is InChI=1S/C6H8N/c1-5-3-4-6(2)7-5/h3,7H,1-2H3. The van der Waals surface area contributed by atoms with Crippen LogP contribution in [0.4, 0.5) is 0 Å². The first-order valence-corrected chi connectivity index (χ1v) is 2.33. The molecule has 0 aliphatic carbocycles. The minimum absolute atomic E-state index is 1.11. The number of H-pyrrole nitrogens is 1. The number of rotatable bonds is 0. The summed E-state index contributed by atoms with van der Waals surface area (Å²) in [5.74, 6) is 0. The van der Waals surface area contributed by atoms with Crippen LogP contribution in [0.2, 0.25) is 0 Å². The Kier molecular flexibility index (Phi) is 0.895. The van der Waals surface area contributed by atoms with Crippen molar-refractivity contribution in [2.75, 3.05) is 0 Å². The van der Waals surface area contributed by atoms with E-state index in [0.29, 0.717) is 0 Å². The lowest BCUT2D eigenvalue weighted by Gasteiger charge is -1.77.